The Bertz CT molecular complexity index is 991. The van der Waals surface area contributed by atoms with Gasteiger partial charge in [0.1, 0.15) is 5.82 Å². The molecule has 144 valence electrons. The number of benzene rings is 1. The number of nitrogens with zero attached hydrogens (tertiary/aromatic N) is 5. The Morgan fingerprint density at radius 1 is 1.07 bits per heavy atom. The van der Waals surface area contributed by atoms with E-state index in [2.05, 4.69) is 15.0 Å². The Kier molecular flexibility index (Phi) is 4.35. The molecule has 28 heavy (non-hydrogen) atoms. The van der Waals surface area contributed by atoms with Crippen molar-refractivity contribution in [3.8, 4) is 5.69 Å². The molecule has 1 aliphatic carbocycles. The van der Waals surface area contributed by atoms with Crippen LogP contribution >= 0.6 is 11.3 Å². The number of rotatable bonds is 3. The van der Waals surface area contributed by atoms with Crippen molar-refractivity contribution in [1.29, 1.82) is 0 Å². The van der Waals surface area contributed by atoms with Crippen LogP contribution in [0.25, 0.3) is 5.69 Å². The zero-order chi connectivity index (χ0) is 19.1. The summed E-state index contributed by atoms with van der Waals surface area (Å²) >= 11 is 1.62. The van der Waals surface area contributed by atoms with Crippen molar-refractivity contribution in [2.45, 2.75) is 19.3 Å². The zero-order valence-electron chi connectivity index (χ0n) is 15.3. The zero-order valence-corrected chi connectivity index (χ0v) is 16.2. The van der Waals surface area contributed by atoms with Crippen molar-refractivity contribution in [2.24, 2.45) is 0 Å². The first-order chi connectivity index (χ1) is 13.7. The fraction of sp³-hybridized carbons (Fsp3) is 0.350. The van der Waals surface area contributed by atoms with Gasteiger partial charge in [0.25, 0.3) is 5.91 Å². The highest BCUT2D eigenvalue weighted by Gasteiger charge is 2.31. The van der Waals surface area contributed by atoms with Crippen molar-refractivity contribution < 1.29 is 9.18 Å². The third-order valence-corrected chi connectivity index (χ3v) is 6.29. The van der Waals surface area contributed by atoms with Gasteiger partial charge >= 0.3 is 0 Å². The van der Waals surface area contributed by atoms with E-state index in [1.807, 2.05) is 21.2 Å². The molecule has 0 atom stereocenters. The van der Waals surface area contributed by atoms with Crippen LogP contribution in [0.5, 0.6) is 0 Å². The molecule has 8 heteroatoms. The molecule has 0 bridgehead atoms. The van der Waals surface area contributed by atoms with Crippen LogP contribution in [0.2, 0.25) is 0 Å². The van der Waals surface area contributed by atoms with Crippen molar-refractivity contribution in [2.75, 3.05) is 31.1 Å². The van der Waals surface area contributed by atoms with E-state index in [0.29, 0.717) is 18.8 Å². The van der Waals surface area contributed by atoms with Gasteiger partial charge in [-0.25, -0.2) is 14.1 Å². The average molecular weight is 397 g/mol. The van der Waals surface area contributed by atoms with Gasteiger partial charge in [-0.15, -0.1) is 11.3 Å². The van der Waals surface area contributed by atoms with Crippen LogP contribution < -0.4 is 4.90 Å². The van der Waals surface area contributed by atoms with Crippen LogP contribution in [-0.4, -0.2) is 51.8 Å². The Morgan fingerprint density at radius 3 is 2.57 bits per heavy atom. The van der Waals surface area contributed by atoms with Gasteiger partial charge < -0.3 is 9.80 Å². The molecule has 0 radical (unpaired) electrons. The monoisotopic (exact) mass is 397 g/mol. The lowest BCUT2D eigenvalue weighted by atomic mass is 10.1. The lowest BCUT2D eigenvalue weighted by molar-refractivity contribution is 0.0739. The molecular formula is C20H20FN5OS. The Morgan fingerprint density at radius 2 is 1.86 bits per heavy atom. The summed E-state index contributed by atoms with van der Waals surface area (Å²) in [5, 5.41) is 7.63. The molecule has 1 saturated heterocycles. The number of piperazine rings is 1. The molecule has 0 N–H and O–H groups in total. The highest BCUT2D eigenvalue weighted by atomic mass is 32.1. The summed E-state index contributed by atoms with van der Waals surface area (Å²) < 4.78 is 15.1. The fourth-order valence-corrected chi connectivity index (χ4v) is 4.72. The lowest BCUT2D eigenvalue weighted by Crippen LogP contribution is -2.49. The number of carbonyl (C=O) groups excluding carboxylic acids is 1. The minimum Gasteiger partial charge on any atom is -0.345 e. The second-order valence-corrected chi connectivity index (χ2v) is 7.98. The second kappa shape index (κ2) is 7.01. The second-order valence-electron chi connectivity index (χ2n) is 7.11. The van der Waals surface area contributed by atoms with Crippen LogP contribution in [0.1, 0.15) is 28.2 Å². The molecule has 1 fully saturated rings. The Hall–Kier alpha value is -2.74. The normalized spacial score (nSPS) is 16.5. The molecule has 1 amide bonds. The number of hydrogen-bond donors (Lipinski definition) is 0. The minimum absolute atomic E-state index is 0.00204. The summed E-state index contributed by atoms with van der Waals surface area (Å²) in [6, 6.07) is 6.28. The molecule has 1 aromatic carbocycles. The maximum absolute atomic E-state index is 13.3. The minimum atomic E-state index is -0.276. The highest BCUT2D eigenvalue weighted by molar-refractivity contribution is 7.13. The molecule has 5 rings (SSSR count). The summed E-state index contributed by atoms with van der Waals surface area (Å²) in [5.74, 6) is -0.278. The number of fused-ring (bicyclic) bond motifs is 1. The summed E-state index contributed by atoms with van der Waals surface area (Å²) in [4.78, 5) is 21.7. The van der Waals surface area contributed by atoms with E-state index < -0.39 is 0 Å². The number of thiazole rings is 1. The van der Waals surface area contributed by atoms with Crippen LogP contribution in [0, 0.1) is 5.82 Å². The first-order valence-corrected chi connectivity index (χ1v) is 10.4. The van der Waals surface area contributed by atoms with Gasteiger partial charge in [0.2, 0.25) is 0 Å². The Labute approximate surface area is 166 Å². The quantitative estimate of drug-likeness (QED) is 0.682. The smallest absolute Gasteiger partial charge is 0.274 e. The van der Waals surface area contributed by atoms with Gasteiger partial charge in [0.15, 0.2) is 10.8 Å². The summed E-state index contributed by atoms with van der Waals surface area (Å²) in [7, 11) is 0. The van der Waals surface area contributed by atoms with E-state index >= 15 is 0 Å². The molecule has 6 nitrogen and oxygen atoms in total. The lowest BCUT2D eigenvalue weighted by Gasteiger charge is -2.34. The average Bonchev–Trinajstić information content (AvgIpc) is 3.46. The topological polar surface area (TPSA) is 54.3 Å². The number of hydrogen-bond acceptors (Lipinski definition) is 5. The molecule has 1 aliphatic heterocycles. The van der Waals surface area contributed by atoms with E-state index in [1.54, 1.807) is 23.5 Å². The number of carbonyl (C=O) groups is 1. The van der Waals surface area contributed by atoms with Gasteiger partial charge in [-0.05, 0) is 43.5 Å². The van der Waals surface area contributed by atoms with E-state index in [0.717, 1.165) is 54.4 Å². The van der Waals surface area contributed by atoms with E-state index in [4.69, 9.17) is 0 Å². The predicted octanol–water partition coefficient (Wildman–Crippen LogP) is 2.92. The maximum Gasteiger partial charge on any atom is 0.274 e. The third kappa shape index (κ3) is 2.97. The van der Waals surface area contributed by atoms with Crippen LogP contribution in [-0.2, 0) is 12.8 Å². The molecule has 0 spiro atoms. The highest BCUT2D eigenvalue weighted by Crippen LogP contribution is 2.29. The van der Waals surface area contributed by atoms with Crippen LogP contribution in [0.4, 0.5) is 9.52 Å². The van der Waals surface area contributed by atoms with Crippen LogP contribution in [0.3, 0.4) is 0 Å². The molecule has 2 aliphatic rings. The van der Waals surface area contributed by atoms with Crippen molar-refractivity contribution in [1.82, 2.24) is 19.7 Å². The van der Waals surface area contributed by atoms with E-state index in [-0.39, 0.29) is 11.7 Å². The maximum atomic E-state index is 13.3. The summed E-state index contributed by atoms with van der Waals surface area (Å²) in [6.07, 6.45) is 4.59. The SMILES string of the molecule is O=C(c1nn(-c2ccc(F)cc2)c2c1CCC2)N1CCN(c2nccs2)CC1. The molecule has 0 unspecified atom stereocenters. The number of amides is 1. The van der Waals surface area contributed by atoms with Gasteiger partial charge in [-0.2, -0.15) is 5.10 Å². The van der Waals surface area contributed by atoms with Crippen molar-refractivity contribution >= 4 is 22.4 Å². The molecule has 3 aromatic rings. The third-order valence-electron chi connectivity index (χ3n) is 5.46. The predicted molar refractivity (Wildman–Crippen MR) is 106 cm³/mol. The van der Waals surface area contributed by atoms with Gasteiger partial charge in [-0.3, -0.25) is 4.79 Å². The van der Waals surface area contributed by atoms with Gasteiger partial charge in [0.05, 0.1) is 5.69 Å². The van der Waals surface area contributed by atoms with E-state index in [1.165, 1.54) is 12.1 Å². The molecular weight excluding hydrogens is 377 g/mol. The van der Waals surface area contributed by atoms with Gasteiger partial charge in [-0.1, -0.05) is 0 Å². The Balaban J connectivity index is 1.38. The fourth-order valence-electron chi connectivity index (χ4n) is 4.03. The standard InChI is InChI=1S/C20H20FN5OS/c21-14-4-6-15(7-5-14)26-17-3-1-2-16(17)18(23-26)19(27)24-9-11-25(12-10-24)20-22-8-13-28-20/h4-8,13H,1-3,9-12H2. The number of halogens is 1. The first kappa shape index (κ1) is 17.4. The molecule has 0 saturated carbocycles. The molecule has 3 heterocycles. The number of aromatic nitrogens is 3. The van der Waals surface area contributed by atoms with Crippen LogP contribution in [0.15, 0.2) is 35.8 Å². The van der Waals surface area contributed by atoms with Crippen molar-refractivity contribution in [3.05, 3.63) is 58.6 Å². The van der Waals surface area contributed by atoms with Crippen molar-refractivity contribution in [3.63, 3.8) is 0 Å². The number of anilines is 1. The summed E-state index contributed by atoms with van der Waals surface area (Å²) in [5.41, 5.74) is 3.49. The van der Waals surface area contributed by atoms with Gasteiger partial charge in [0, 0.05) is 49.0 Å². The first-order valence-electron chi connectivity index (χ1n) is 9.51. The summed E-state index contributed by atoms with van der Waals surface area (Å²) in [6.45, 7) is 2.88. The molecule has 2 aromatic heterocycles. The largest absolute Gasteiger partial charge is 0.345 e. The van der Waals surface area contributed by atoms with E-state index in [9.17, 15) is 9.18 Å².